The first-order chi connectivity index (χ1) is 8.88. The lowest BCUT2D eigenvalue weighted by Gasteiger charge is -2.13. The van der Waals surface area contributed by atoms with Gasteiger partial charge in [-0.3, -0.25) is 4.79 Å². The molecule has 19 heavy (non-hydrogen) atoms. The SMILES string of the molecule is CS(=O)(=O)CCC(N)C(=O)NCCCC1CCCC1. The van der Waals surface area contributed by atoms with Crippen LogP contribution >= 0.6 is 0 Å². The Hall–Kier alpha value is -0.620. The van der Waals surface area contributed by atoms with E-state index in [4.69, 9.17) is 5.73 Å². The summed E-state index contributed by atoms with van der Waals surface area (Å²) < 4.78 is 22.0. The molecule has 1 saturated carbocycles. The maximum Gasteiger partial charge on any atom is 0.236 e. The zero-order chi connectivity index (χ0) is 14.3. The van der Waals surface area contributed by atoms with Crippen LogP contribution in [0.15, 0.2) is 0 Å². The summed E-state index contributed by atoms with van der Waals surface area (Å²) in [5, 5.41) is 2.78. The number of sulfone groups is 1. The third-order valence-electron chi connectivity index (χ3n) is 3.70. The minimum absolute atomic E-state index is 0.0380. The van der Waals surface area contributed by atoms with Crippen LogP contribution in [0.2, 0.25) is 0 Å². The Labute approximate surface area is 116 Å². The van der Waals surface area contributed by atoms with Gasteiger partial charge in [-0.05, 0) is 25.2 Å². The standard InChI is InChI=1S/C13H26N2O3S/c1-19(17,18)10-8-12(14)13(16)15-9-4-7-11-5-2-3-6-11/h11-12H,2-10,14H2,1H3,(H,15,16). The van der Waals surface area contributed by atoms with Gasteiger partial charge in [-0.2, -0.15) is 0 Å². The fourth-order valence-corrected chi connectivity index (χ4v) is 3.19. The Bertz CT molecular complexity index is 375. The van der Waals surface area contributed by atoms with E-state index < -0.39 is 15.9 Å². The zero-order valence-corrected chi connectivity index (χ0v) is 12.5. The minimum atomic E-state index is -3.05. The van der Waals surface area contributed by atoms with Crippen LogP contribution in [0.25, 0.3) is 0 Å². The van der Waals surface area contributed by atoms with Gasteiger partial charge in [0.25, 0.3) is 0 Å². The summed E-state index contributed by atoms with van der Waals surface area (Å²) >= 11 is 0. The summed E-state index contributed by atoms with van der Waals surface area (Å²) in [5.74, 6) is 0.551. The molecule has 1 rings (SSSR count). The molecule has 0 bridgehead atoms. The Balaban J connectivity index is 2.08. The molecule has 3 N–H and O–H groups in total. The second-order valence-electron chi connectivity index (χ2n) is 5.61. The van der Waals surface area contributed by atoms with Crippen molar-refractivity contribution in [2.45, 2.75) is 51.0 Å². The Morgan fingerprint density at radius 2 is 2.00 bits per heavy atom. The number of hydrogen-bond acceptors (Lipinski definition) is 4. The fourth-order valence-electron chi connectivity index (χ4n) is 2.50. The van der Waals surface area contributed by atoms with E-state index in [1.807, 2.05) is 0 Å². The highest BCUT2D eigenvalue weighted by molar-refractivity contribution is 7.90. The molecule has 1 fully saturated rings. The fraction of sp³-hybridized carbons (Fsp3) is 0.923. The molecule has 1 unspecified atom stereocenters. The van der Waals surface area contributed by atoms with E-state index in [0.29, 0.717) is 6.54 Å². The largest absolute Gasteiger partial charge is 0.355 e. The van der Waals surface area contributed by atoms with Crippen LogP contribution in [0.5, 0.6) is 0 Å². The van der Waals surface area contributed by atoms with E-state index in [-0.39, 0.29) is 18.1 Å². The van der Waals surface area contributed by atoms with Gasteiger partial charge in [-0.15, -0.1) is 0 Å². The van der Waals surface area contributed by atoms with E-state index in [1.54, 1.807) is 0 Å². The number of carbonyl (C=O) groups excluding carboxylic acids is 1. The highest BCUT2D eigenvalue weighted by Gasteiger charge is 2.17. The van der Waals surface area contributed by atoms with Crippen LogP contribution in [0.4, 0.5) is 0 Å². The first kappa shape index (κ1) is 16.4. The van der Waals surface area contributed by atoms with Crippen molar-refractivity contribution in [3.63, 3.8) is 0 Å². The smallest absolute Gasteiger partial charge is 0.236 e. The number of carbonyl (C=O) groups is 1. The molecule has 0 aromatic carbocycles. The monoisotopic (exact) mass is 290 g/mol. The molecule has 0 radical (unpaired) electrons. The van der Waals surface area contributed by atoms with Crippen LogP contribution in [-0.4, -0.2) is 38.9 Å². The predicted molar refractivity (Wildman–Crippen MR) is 76.5 cm³/mol. The van der Waals surface area contributed by atoms with Crippen LogP contribution in [-0.2, 0) is 14.6 Å². The number of rotatable bonds is 8. The van der Waals surface area contributed by atoms with E-state index in [2.05, 4.69) is 5.32 Å². The van der Waals surface area contributed by atoms with Crippen molar-refractivity contribution < 1.29 is 13.2 Å². The molecule has 6 heteroatoms. The quantitative estimate of drug-likeness (QED) is 0.648. The lowest BCUT2D eigenvalue weighted by atomic mass is 10.0. The van der Waals surface area contributed by atoms with Gasteiger partial charge < -0.3 is 11.1 Å². The summed E-state index contributed by atoms with van der Waals surface area (Å²) in [6, 6.07) is -0.721. The van der Waals surface area contributed by atoms with Crippen molar-refractivity contribution in [1.82, 2.24) is 5.32 Å². The normalized spacial score (nSPS) is 18.4. The molecule has 1 amide bonds. The summed E-state index contributed by atoms with van der Waals surface area (Å²) in [6.07, 6.45) is 8.81. The van der Waals surface area contributed by atoms with E-state index >= 15 is 0 Å². The van der Waals surface area contributed by atoms with Crippen molar-refractivity contribution in [1.29, 1.82) is 0 Å². The molecule has 0 aliphatic heterocycles. The van der Waals surface area contributed by atoms with Gasteiger partial charge >= 0.3 is 0 Å². The summed E-state index contributed by atoms with van der Waals surface area (Å²) in [6.45, 7) is 0.641. The molecular formula is C13H26N2O3S. The van der Waals surface area contributed by atoms with Crippen LogP contribution < -0.4 is 11.1 Å². The predicted octanol–water partition coefficient (Wildman–Crippen LogP) is 0.835. The van der Waals surface area contributed by atoms with Gasteiger partial charge in [-0.1, -0.05) is 25.7 Å². The number of nitrogens with one attached hydrogen (secondary N) is 1. The van der Waals surface area contributed by atoms with Gasteiger partial charge in [0.1, 0.15) is 9.84 Å². The van der Waals surface area contributed by atoms with Gasteiger partial charge in [0.15, 0.2) is 0 Å². The summed E-state index contributed by atoms with van der Waals surface area (Å²) in [7, 11) is -3.05. The van der Waals surface area contributed by atoms with Crippen LogP contribution in [0.1, 0.15) is 44.9 Å². The molecule has 0 heterocycles. The maximum absolute atomic E-state index is 11.6. The average Bonchev–Trinajstić information content (AvgIpc) is 2.83. The molecule has 1 aliphatic carbocycles. The van der Waals surface area contributed by atoms with Crippen molar-refractivity contribution in [3.8, 4) is 0 Å². The third-order valence-corrected chi connectivity index (χ3v) is 4.68. The summed E-state index contributed by atoms with van der Waals surface area (Å²) in [5.41, 5.74) is 5.65. The second-order valence-corrected chi connectivity index (χ2v) is 7.87. The van der Waals surface area contributed by atoms with Gasteiger partial charge in [0.2, 0.25) is 5.91 Å². The van der Waals surface area contributed by atoms with Crippen LogP contribution in [0, 0.1) is 5.92 Å². The topological polar surface area (TPSA) is 89.3 Å². The number of hydrogen-bond donors (Lipinski definition) is 2. The van der Waals surface area contributed by atoms with Crippen LogP contribution in [0.3, 0.4) is 0 Å². The molecule has 0 aromatic heterocycles. The maximum atomic E-state index is 11.6. The molecule has 0 spiro atoms. The summed E-state index contributed by atoms with van der Waals surface area (Å²) in [4.78, 5) is 11.6. The molecular weight excluding hydrogens is 264 g/mol. The molecule has 0 aromatic rings. The first-order valence-electron chi connectivity index (χ1n) is 7.09. The van der Waals surface area contributed by atoms with Gasteiger partial charge in [-0.25, -0.2) is 8.42 Å². The molecule has 1 atom stereocenters. The number of nitrogens with two attached hydrogens (primary N) is 1. The first-order valence-corrected chi connectivity index (χ1v) is 9.15. The Morgan fingerprint density at radius 3 is 2.58 bits per heavy atom. The zero-order valence-electron chi connectivity index (χ0n) is 11.7. The molecule has 112 valence electrons. The minimum Gasteiger partial charge on any atom is -0.355 e. The van der Waals surface area contributed by atoms with Crippen molar-refractivity contribution in [2.75, 3.05) is 18.6 Å². The Kier molecular flexibility index (Phi) is 6.79. The van der Waals surface area contributed by atoms with E-state index in [9.17, 15) is 13.2 Å². The third kappa shape index (κ3) is 7.52. The van der Waals surface area contributed by atoms with Gasteiger partial charge in [0, 0.05) is 12.8 Å². The van der Waals surface area contributed by atoms with Crippen molar-refractivity contribution in [2.24, 2.45) is 11.7 Å². The van der Waals surface area contributed by atoms with Crippen molar-refractivity contribution in [3.05, 3.63) is 0 Å². The lowest BCUT2D eigenvalue weighted by molar-refractivity contribution is -0.122. The number of amides is 1. The lowest BCUT2D eigenvalue weighted by Crippen LogP contribution is -2.42. The van der Waals surface area contributed by atoms with Gasteiger partial charge in [0.05, 0.1) is 11.8 Å². The van der Waals surface area contributed by atoms with E-state index in [1.165, 1.54) is 32.1 Å². The van der Waals surface area contributed by atoms with E-state index in [0.717, 1.165) is 18.6 Å². The highest BCUT2D eigenvalue weighted by atomic mass is 32.2. The Morgan fingerprint density at radius 1 is 1.37 bits per heavy atom. The highest BCUT2D eigenvalue weighted by Crippen LogP contribution is 2.28. The molecule has 5 nitrogen and oxygen atoms in total. The molecule has 0 saturated heterocycles. The average molecular weight is 290 g/mol. The van der Waals surface area contributed by atoms with Crippen molar-refractivity contribution >= 4 is 15.7 Å². The second kappa shape index (κ2) is 7.85. The molecule has 1 aliphatic rings.